The molecule has 0 nitrogen and oxygen atoms in total. The number of halogens is 4. The van der Waals surface area contributed by atoms with Gasteiger partial charge in [-0.05, 0) is 25.5 Å². The summed E-state index contributed by atoms with van der Waals surface area (Å²) in [7, 11) is 0. The van der Waals surface area contributed by atoms with Gasteiger partial charge in [0.2, 0.25) is 0 Å². The van der Waals surface area contributed by atoms with Gasteiger partial charge in [-0.3, -0.25) is 0 Å². The van der Waals surface area contributed by atoms with Crippen molar-refractivity contribution in [2.24, 2.45) is 0 Å². The Balaban J connectivity index is 3.37. The summed E-state index contributed by atoms with van der Waals surface area (Å²) in [6.07, 6.45) is -4.37. The second-order valence-corrected chi connectivity index (χ2v) is 3.32. The number of hydrogen-bond acceptors (Lipinski definition) is 0. The normalized spacial score (nSPS) is 11.8. The smallest absolute Gasteiger partial charge is 0.166 e. The molecule has 0 atom stereocenters. The van der Waals surface area contributed by atoms with Gasteiger partial charge in [0, 0.05) is 0 Å². The summed E-state index contributed by atoms with van der Waals surface area (Å²) in [4.78, 5) is 0. The SMILES string of the molecule is Cc1cc(C)c(Cl)c(C(F)(F)F)c1. The maximum atomic E-state index is 12.3. The molecule has 0 amide bonds. The van der Waals surface area contributed by atoms with Gasteiger partial charge in [0.1, 0.15) is 0 Å². The number of hydrogen-bond donors (Lipinski definition) is 0. The monoisotopic (exact) mass is 208 g/mol. The number of alkyl halides is 3. The molecule has 0 aromatic heterocycles. The highest BCUT2D eigenvalue weighted by Gasteiger charge is 2.33. The molecule has 0 saturated heterocycles. The molecule has 0 fully saturated rings. The summed E-state index contributed by atoms with van der Waals surface area (Å²) < 4.78 is 37.0. The van der Waals surface area contributed by atoms with Crippen LogP contribution in [0.5, 0.6) is 0 Å². The maximum Gasteiger partial charge on any atom is 0.417 e. The lowest BCUT2D eigenvalue weighted by molar-refractivity contribution is -0.137. The Morgan fingerprint density at radius 3 is 2.15 bits per heavy atom. The molecule has 0 aliphatic rings. The topological polar surface area (TPSA) is 0 Å². The van der Waals surface area contributed by atoms with Crippen LogP contribution in [-0.4, -0.2) is 0 Å². The Morgan fingerprint density at radius 2 is 1.69 bits per heavy atom. The van der Waals surface area contributed by atoms with Gasteiger partial charge in [0.15, 0.2) is 0 Å². The van der Waals surface area contributed by atoms with Crippen LogP contribution < -0.4 is 0 Å². The zero-order valence-corrected chi connectivity index (χ0v) is 7.92. The van der Waals surface area contributed by atoms with E-state index in [1.54, 1.807) is 19.9 Å². The Hall–Kier alpha value is -0.700. The highest BCUT2D eigenvalue weighted by atomic mass is 35.5. The molecule has 0 N–H and O–H groups in total. The van der Waals surface area contributed by atoms with Crippen molar-refractivity contribution in [2.45, 2.75) is 20.0 Å². The highest BCUT2D eigenvalue weighted by molar-refractivity contribution is 6.32. The van der Waals surface area contributed by atoms with E-state index in [2.05, 4.69) is 0 Å². The first kappa shape index (κ1) is 10.4. The van der Waals surface area contributed by atoms with E-state index >= 15 is 0 Å². The first-order valence-electron chi connectivity index (χ1n) is 3.66. The largest absolute Gasteiger partial charge is 0.417 e. The summed E-state index contributed by atoms with van der Waals surface area (Å²) >= 11 is 5.53. The molecule has 0 aliphatic heterocycles. The van der Waals surface area contributed by atoms with Crippen molar-refractivity contribution in [3.63, 3.8) is 0 Å². The molecule has 72 valence electrons. The molecular formula is C9H8ClF3. The fourth-order valence-corrected chi connectivity index (χ4v) is 1.37. The lowest BCUT2D eigenvalue weighted by Crippen LogP contribution is -2.07. The van der Waals surface area contributed by atoms with Crippen LogP contribution in [0.4, 0.5) is 13.2 Å². The van der Waals surface area contributed by atoms with Crippen LogP contribution in [0.2, 0.25) is 5.02 Å². The predicted molar refractivity (Wildman–Crippen MR) is 45.9 cm³/mol. The molecule has 1 aromatic carbocycles. The Bertz CT molecular complexity index is 328. The molecule has 0 radical (unpaired) electrons. The maximum absolute atomic E-state index is 12.3. The summed E-state index contributed by atoms with van der Waals surface area (Å²) in [5, 5.41) is -0.210. The minimum atomic E-state index is -4.37. The number of benzene rings is 1. The van der Waals surface area contributed by atoms with E-state index in [4.69, 9.17) is 11.6 Å². The van der Waals surface area contributed by atoms with Crippen LogP contribution in [0, 0.1) is 13.8 Å². The lowest BCUT2D eigenvalue weighted by Gasteiger charge is -2.11. The van der Waals surface area contributed by atoms with E-state index in [0.717, 1.165) is 6.07 Å². The third-order valence-electron chi connectivity index (χ3n) is 1.70. The summed E-state index contributed by atoms with van der Waals surface area (Å²) in [5.74, 6) is 0. The van der Waals surface area contributed by atoms with Crippen molar-refractivity contribution in [2.75, 3.05) is 0 Å². The van der Waals surface area contributed by atoms with E-state index in [-0.39, 0.29) is 5.02 Å². The molecule has 0 saturated carbocycles. The van der Waals surface area contributed by atoms with Gasteiger partial charge < -0.3 is 0 Å². The zero-order chi connectivity index (χ0) is 10.2. The van der Waals surface area contributed by atoms with Gasteiger partial charge in [-0.2, -0.15) is 13.2 Å². The third-order valence-corrected chi connectivity index (χ3v) is 2.21. The minimum absolute atomic E-state index is 0.210. The van der Waals surface area contributed by atoms with Gasteiger partial charge >= 0.3 is 6.18 Å². The van der Waals surface area contributed by atoms with E-state index in [9.17, 15) is 13.2 Å². The first-order chi connectivity index (χ1) is 5.82. The Labute approximate surface area is 79.3 Å². The average molecular weight is 209 g/mol. The van der Waals surface area contributed by atoms with Gasteiger partial charge in [-0.1, -0.05) is 23.2 Å². The van der Waals surface area contributed by atoms with E-state index in [1.807, 2.05) is 0 Å². The second-order valence-electron chi connectivity index (χ2n) is 2.94. The quantitative estimate of drug-likeness (QED) is 0.605. The van der Waals surface area contributed by atoms with Gasteiger partial charge in [0.05, 0.1) is 10.6 Å². The van der Waals surface area contributed by atoms with Crippen molar-refractivity contribution >= 4 is 11.6 Å². The molecule has 0 spiro atoms. The van der Waals surface area contributed by atoms with E-state index in [1.165, 1.54) is 0 Å². The van der Waals surface area contributed by atoms with E-state index in [0.29, 0.717) is 11.1 Å². The van der Waals surface area contributed by atoms with Crippen LogP contribution in [0.1, 0.15) is 16.7 Å². The molecule has 1 rings (SSSR count). The molecule has 1 aromatic rings. The molecule has 0 heterocycles. The van der Waals surface area contributed by atoms with Gasteiger partial charge in [0.25, 0.3) is 0 Å². The van der Waals surface area contributed by atoms with Crippen LogP contribution >= 0.6 is 11.6 Å². The van der Waals surface area contributed by atoms with Gasteiger partial charge in [-0.25, -0.2) is 0 Å². The second kappa shape index (κ2) is 3.22. The third kappa shape index (κ3) is 2.15. The number of aryl methyl sites for hydroxylation is 2. The molecule has 4 heteroatoms. The summed E-state index contributed by atoms with van der Waals surface area (Å²) in [6.45, 7) is 3.17. The fourth-order valence-electron chi connectivity index (χ4n) is 1.16. The molecular weight excluding hydrogens is 201 g/mol. The van der Waals surface area contributed by atoms with Crippen molar-refractivity contribution in [1.82, 2.24) is 0 Å². The predicted octanol–water partition coefficient (Wildman–Crippen LogP) is 3.98. The Morgan fingerprint density at radius 1 is 1.15 bits per heavy atom. The fraction of sp³-hybridized carbons (Fsp3) is 0.333. The van der Waals surface area contributed by atoms with Crippen LogP contribution in [-0.2, 0) is 6.18 Å². The summed E-state index contributed by atoms with van der Waals surface area (Å²) in [6, 6.07) is 2.67. The highest BCUT2D eigenvalue weighted by Crippen LogP contribution is 2.36. The van der Waals surface area contributed by atoms with Gasteiger partial charge in [-0.15, -0.1) is 0 Å². The first-order valence-corrected chi connectivity index (χ1v) is 4.04. The van der Waals surface area contributed by atoms with Crippen molar-refractivity contribution in [1.29, 1.82) is 0 Å². The molecule has 0 bridgehead atoms. The zero-order valence-electron chi connectivity index (χ0n) is 7.17. The molecule has 0 unspecified atom stereocenters. The van der Waals surface area contributed by atoms with Crippen LogP contribution in [0.3, 0.4) is 0 Å². The van der Waals surface area contributed by atoms with Crippen molar-refractivity contribution in [3.05, 3.63) is 33.8 Å². The average Bonchev–Trinajstić information content (AvgIpc) is 1.94. The summed E-state index contributed by atoms with van der Waals surface area (Å²) in [5.41, 5.74) is 0.259. The number of rotatable bonds is 0. The Kier molecular flexibility index (Phi) is 2.57. The minimum Gasteiger partial charge on any atom is -0.166 e. The van der Waals surface area contributed by atoms with E-state index < -0.39 is 11.7 Å². The lowest BCUT2D eigenvalue weighted by atomic mass is 10.1. The van der Waals surface area contributed by atoms with Crippen molar-refractivity contribution in [3.8, 4) is 0 Å². The van der Waals surface area contributed by atoms with Crippen LogP contribution in [0.25, 0.3) is 0 Å². The molecule has 0 aliphatic carbocycles. The standard InChI is InChI=1S/C9H8ClF3/c1-5-3-6(2)8(10)7(4-5)9(11,12)13/h3-4H,1-2H3. The van der Waals surface area contributed by atoms with Crippen LogP contribution in [0.15, 0.2) is 12.1 Å². The van der Waals surface area contributed by atoms with Crippen molar-refractivity contribution < 1.29 is 13.2 Å². The molecule has 13 heavy (non-hydrogen) atoms.